The Morgan fingerprint density at radius 2 is 2.23 bits per heavy atom. The van der Waals surface area contributed by atoms with E-state index in [1.54, 1.807) is 0 Å². The van der Waals surface area contributed by atoms with Crippen LogP contribution in [0.2, 0.25) is 0 Å². The average Bonchev–Trinajstić information content (AvgIpc) is 2.52. The van der Waals surface area contributed by atoms with E-state index in [9.17, 15) is 0 Å². The number of nitrogen functional groups attached to an aromatic ring is 1. The van der Waals surface area contributed by atoms with Crippen molar-refractivity contribution in [1.29, 1.82) is 0 Å². The Kier molecular flexibility index (Phi) is 1.73. The Hall–Kier alpha value is -1.84. The van der Waals surface area contributed by atoms with Crippen molar-refractivity contribution >= 4 is 5.95 Å². The number of hydrogen-bond donors (Lipinski definition) is 2. The van der Waals surface area contributed by atoms with E-state index in [0.717, 1.165) is 5.56 Å². The number of nitrogens with two attached hydrogens (primary N) is 1. The lowest BCUT2D eigenvalue weighted by Gasteiger charge is -1.96. The molecule has 0 atom stereocenters. The highest BCUT2D eigenvalue weighted by Crippen LogP contribution is 2.15. The van der Waals surface area contributed by atoms with Gasteiger partial charge in [0.15, 0.2) is 5.82 Å². The molecule has 0 aliphatic rings. The summed E-state index contributed by atoms with van der Waals surface area (Å²) in [5.41, 5.74) is 7.59. The van der Waals surface area contributed by atoms with E-state index in [0.29, 0.717) is 5.82 Å². The standard InChI is InChI=1S/C9H10N4/c1-6-3-2-4-7(5-6)8-11-9(10)13-12-8/h2-5H,1H3,(H3,10,11,12,13). The van der Waals surface area contributed by atoms with E-state index in [1.165, 1.54) is 5.56 Å². The van der Waals surface area contributed by atoms with Crippen molar-refractivity contribution < 1.29 is 0 Å². The van der Waals surface area contributed by atoms with Crippen LogP contribution in [0, 0.1) is 6.92 Å². The second kappa shape index (κ2) is 2.90. The molecule has 2 rings (SSSR count). The number of anilines is 1. The number of aromatic amines is 1. The van der Waals surface area contributed by atoms with Crippen molar-refractivity contribution in [2.75, 3.05) is 5.73 Å². The van der Waals surface area contributed by atoms with Gasteiger partial charge in [-0.2, -0.15) is 4.98 Å². The number of hydrogen-bond acceptors (Lipinski definition) is 3. The third kappa shape index (κ3) is 1.51. The number of nitrogens with zero attached hydrogens (tertiary/aromatic N) is 2. The fourth-order valence-electron chi connectivity index (χ4n) is 1.20. The molecule has 0 saturated carbocycles. The van der Waals surface area contributed by atoms with E-state index < -0.39 is 0 Å². The molecule has 0 aliphatic carbocycles. The summed E-state index contributed by atoms with van der Waals surface area (Å²) >= 11 is 0. The van der Waals surface area contributed by atoms with Crippen LogP contribution in [0.25, 0.3) is 11.4 Å². The molecule has 0 amide bonds. The monoisotopic (exact) mass is 174 g/mol. The molecule has 1 heterocycles. The predicted molar refractivity (Wildman–Crippen MR) is 51.0 cm³/mol. The molecule has 2 aromatic rings. The van der Waals surface area contributed by atoms with E-state index in [1.807, 2.05) is 31.2 Å². The number of aromatic nitrogens is 3. The second-order valence-corrected chi connectivity index (χ2v) is 2.91. The van der Waals surface area contributed by atoms with Crippen molar-refractivity contribution in [3.63, 3.8) is 0 Å². The highest BCUT2D eigenvalue weighted by Gasteiger charge is 2.01. The topological polar surface area (TPSA) is 67.6 Å². The molecule has 4 nitrogen and oxygen atoms in total. The first-order chi connectivity index (χ1) is 6.25. The second-order valence-electron chi connectivity index (χ2n) is 2.91. The summed E-state index contributed by atoms with van der Waals surface area (Å²) in [7, 11) is 0. The molecule has 13 heavy (non-hydrogen) atoms. The van der Waals surface area contributed by atoms with Gasteiger partial charge in [-0.3, -0.25) is 5.10 Å². The lowest BCUT2D eigenvalue weighted by atomic mass is 10.1. The molecular weight excluding hydrogens is 164 g/mol. The number of rotatable bonds is 1. The van der Waals surface area contributed by atoms with Gasteiger partial charge in [-0.05, 0) is 13.0 Å². The molecule has 0 bridgehead atoms. The Morgan fingerprint density at radius 1 is 1.38 bits per heavy atom. The van der Waals surface area contributed by atoms with Gasteiger partial charge < -0.3 is 5.73 Å². The maximum atomic E-state index is 5.40. The summed E-state index contributed by atoms with van der Waals surface area (Å²) in [6, 6.07) is 8.00. The van der Waals surface area contributed by atoms with Crippen LogP contribution in [0.3, 0.4) is 0 Å². The van der Waals surface area contributed by atoms with E-state index in [2.05, 4.69) is 15.2 Å². The smallest absolute Gasteiger partial charge is 0.239 e. The maximum Gasteiger partial charge on any atom is 0.239 e. The van der Waals surface area contributed by atoms with Crippen LogP contribution in [-0.2, 0) is 0 Å². The van der Waals surface area contributed by atoms with Gasteiger partial charge in [0.25, 0.3) is 0 Å². The van der Waals surface area contributed by atoms with Crippen molar-refractivity contribution in [1.82, 2.24) is 15.2 Å². The van der Waals surface area contributed by atoms with Gasteiger partial charge in [-0.25, -0.2) is 0 Å². The van der Waals surface area contributed by atoms with Gasteiger partial charge in [-0.15, -0.1) is 5.10 Å². The third-order valence-corrected chi connectivity index (χ3v) is 1.79. The summed E-state index contributed by atoms with van der Waals surface area (Å²) in [6.45, 7) is 2.03. The zero-order valence-corrected chi connectivity index (χ0v) is 7.28. The fraction of sp³-hybridized carbons (Fsp3) is 0.111. The summed E-state index contributed by atoms with van der Waals surface area (Å²) < 4.78 is 0. The summed E-state index contributed by atoms with van der Waals surface area (Å²) in [5, 5.41) is 6.53. The van der Waals surface area contributed by atoms with Crippen LogP contribution >= 0.6 is 0 Å². The Balaban J connectivity index is 2.46. The molecule has 1 aromatic heterocycles. The molecule has 4 heteroatoms. The van der Waals surface area contributed by atoms with Gasteiger partial charge in [0, 0.05) is 5.56 Å². The Morgan fingerprint density at radius 3 is 2.85 bits per heavy atom. The average molecular weight is 174 g/mol. The minimum absolute atomic E-state index is 0.275. The van der Waals surface area contributed by atoms with Crippen molar-refractivity contribution in [3.05, 3.63) is 29.8 Å². The third-order valence-electron chi connectivity index (χ3n) is 1.79. The summed E-state index contributed by atoms with van der Waals surface area (Å²) in [6.07, 6.45) is 0. The highest BCUT2D eigenvalue weighted by molar-refractivity contribution is 5.56. The van der Waals surface area contributed by atoms with Crippen molar-refractivity contribution in [2.45, 2.75) is 6.92 Å². The number of benzene rings is 1. The largest absolute Gasteiger partial charge is 0.366 e. The first-order valence-corrected chi connectivity index (χ1v) is 4.00. The van der Waals surface area contributed by atoms with E-state index >= 15 is 0 Å². The Bertz CT molecular complexity index is 419. The maximum absolute atomic E-state index is 5.40. The molecule has 0 radical (unpaired) electrons. The summed E-state index contributed by atoms with van der Waals surface area (Å²) in [5.74, 6) is 0.984. The molecule has 1 aromatic carbocycles. The first kappa shape index (κ1) is 7.79. The fourth-order valence-corrected chi connectivity index (χ4v) is 1.20. The lowest BCUT2D eigenvalue weighted by Crippen LogP contribution is -1.85. The Labute approximate surface area is 75.8 Å². The van der Waals surface area contributed by atoms with E-state index in [-0.39, 0.29) is 5.95 Å². The van der Waals surface area contributed by atoms with Crippen LogP contribution in [0.4, 0.5) is 5.95 Å². The minimum Gasteiger partial charge on any atom is -0.366 e. The van der Waals surface area contributed by atoms with Crippen LogP contribution in [0.1, 0.15) is 5.56 Å². The van der Waals surface area contributed by atoms with Gasteiger partial charge in [-0.1, -0.05) is 23.8 Å². The normalized spacial score (nSPS) is 10.2. The lowest BCUT2D eigenvalue weighted by molar-refractivity contribution is 1.10. The zero-order valence-electron chi connectivity index (χ0n) is 7.28. The first-order valence-electron chi connectivity index (χ1n) is 4.00. The van der Waals surface area contributed by atoms with E-state index in [4.69, 9.17) is 5.73 Å². The minimum atomic E-state index is 0.275. The van der Waals surface area contributed by atoms with Crippen molar-refractivity contribution in [2.24, 2.45) is 0 Å². The number of nitrogens with one attached hydrogen (secondary N) is 1. The molecule has 3 N–H and O–H groups in total. The van der Waals surface area contributed by atoms with Crippen LogP contribution in [0.5, 0.6) is 0 Å². The quantitative estimate of drug-likeness (QED) is 0.686. The van der Waals surface area contributed by atoms with Crippen molar-refractivity contribution in [3.8, 4) is 11.4 Å². The molecule has 0 unspecified atom stereocenters. The predicted octanol–water partition coefficient (Wildman–Crippen LogP) is 1.36. The molecular formula is C9H10N4. The van der Waals surface area contributed by atoms with Gasteiger partial charge >= 0.3 is 0 Å². The number of aryl methyl sites for hydroxylation is 1. The molecule has 0 saturated heterocycles. The number of H-pyrrole nitrogens is 1. The van der Waals surface area contributed by atoms with Crippen LogP contribution in [0.15, 0.2) is 24.3 Å². The van der Waals surface area contributed by atoms with Gasteiger partial charge in [0.1, 0.15) is 0 Å². The molecule has 0 fully saturated rings. The molecule has 0 spiro atoms. The van der Waals surface area contributed by atoms with Gasteiger partial charge in [0.05, 0.1) is 0 Å². The summed E-state index contributed by atoms with van der Waals surface area (Å²) in [4.78, 5) is 4.03. The SMILES string of the molecule is Cc1cccc(-c2nc(N)n[nH]2)c1. The van der Waals surface area contributed by atoms with Crippen LogP contribution in [-0.4, -0.2) is 15.2 Å². The molecule has 0 aliphatic heterocycles. The molecule has 66 valence electrons. The highest BCUT2D eigenvalue weighted by atomic mass is 15.3. The zero-order chi connectivity index (χ0) is 9.26. The van der Waals surface area contributed by atoms with Gasteiger partial charge in [0.2, 0.25) is 5.95 Å². The van der Waals surface area contributed by atoms with Crippen LogP contribution < -0.4 is 5.73 Å².